The number of carbonyl (C=O) groups is 1. The Hall–Kier alpha value is -1.60. The standard InChI is InChI=1S/C14H22N2O4S/c1-4-8-15-12-7-6-11(14(17)18)9-13(12)21(19,20)16-10(3)5-2/h6-7,9-10,15-16H,4-5,8H2,1-3H3,(H,17,18)/t10-/m0/s1. The SMILES string of the molecule is CCCNc1ccc(C(=O)O)cc1S(=O)(=O)N[C@@H](C)CC. The van der Waals surface area contributed by atoms with Gasteiger partial charge in [0.1, 0.15) is 4.90 Å². The minimum atomic E-state index is -3.76. The van der Waals surface area contributed by atoms with Crippen molar-refractivity contribution in [1.29, 1.82) is 0 Å². The summed E-state index contributed by atoms with van der Waals surface area (Å²) in [5.41, 5.74) is 0.360. The molecule has 0 bridgehead atoms. The lowest BCUT2D eigenvalue weighted by Crippen LogP contribution is -2.32. The molecule has 1 rings (SSSR count). The van der Waals surface area contributed by atoms with Gasteiger partial charge in [-0.05, 0) is 38.0 Å². The van der Waals surface area contributed by atoms with Crippen molar-refractivity contribution in [3.05, 3.63) is 23.8 Å². The Morgan fingerprint density at radius 3 is 2.52 bits per heavy atom. The van der Waals surface area contributed by atoms with Gasteiger partial charge in [-0.1, -0.05) is 13.8 Å². The maximum Gasteiger partial charge on any atom is 0.335 e. The molecule has 0 unspecified atom stereocenters. The fourth-order valence-corrected chi connectivity index (χ4v) is 3.23. The minimum Gasteiger partial charge on any atom is -0.478 e. The molecule has 21 heavy (non-hydrogen) atoms. The molecule has 0 spiro atoms. The number of sulfonamides is 1. The van der Waals surface area contributed by atoms with Crippen LogP contribution < -0.4 is 10.0 Å². The molecule has 6 nitrogen and oxygen atoms in total. The van der Waals surface area contributed by atoms with Gasteiger partial charge in [0.2, 0.25) is 10.0 Å². The molecule has 1 aromatic carbocycles. The topological polar surface area (TPSA) is 95.5 Å². The molecule has 0 fully saturated rings. The first-order chi connectivity index (χ1) is 9.81. The third-order valence-corrected chi connectivity index (χ3v) is 4.68. The second kappa shape index (κ2) is 7.42. The molecule has 0 aliphatic carbocycles. The maximum absolute atomic E-state index is 12.4. The highest BCUT2D eigenvalue weighted by Crippen LogP contribution is 2.23. The Balaban J connectivity index is 3.27. The average Bonchev–Trinajstić information content (AvgIpc) is 2.44. The first-order valence-corrected chi connectivity index (χ1v) is 8.43. The molecule has 1 atom stereocenters. The van der Waals surface area contributed by atoms with Crippen molar-refractivity contribution >= 4 is 21.7 Å². The third kappa shape index (κ3) is 4.71. The molecular formula is C14H22N2O4S. The maximum atomic E-state index is 12.4. The first-order valence-electron chi connectivity index (χ1n) is 6.95. The monoisotopic (exact) mass is 314 g/mol. The van der Waals surface area contributed by atoms with Gasteiger partial charge < -0.3 is 10.4 Å². The van der Waals surface area contributed by atoms with E-state index in [2.05, 4.69) is 10.0 Å². The van der Waals surface area contributed by atoms with Crippen LogP contribution in [-0.4, -0.2) is 32.1 Å². The zero-order valence-corrected chi connectivity index (χ0v) is 13.3. The van der Waals surface area contributed by atoms with Crippen molar-refractivity contribution in [3.8, 4) is 0 Å². The fourth-order valence-electron chi connectivity index (χ4n) is 1.70. The van der Waals surface area contributed by atoms with Crippen molar-refractivity contribution < 1.29 is 18.3 Å². The number of aromatic carboxylic acids is 1. The molecule has 118 valence electrons. The zero-order valence-electron chi connectivity index (χ0n) is 12.5. The summed E-state index contributed by atoms with van der Waals surface area (Å²) >= 11 is 0. The minimum absolute atomic E-state index is 0.0313. The van der Waals surface area contributed by atoms with Crippen molar-refractivity contribution in [3.63, 3.8) is 0 Å². The molecule has 0 aromatic heterocycles. The van der Waals surface area contributed by atoms with Crippen LogP contribution in [0.4, 0.5) is 5.69 Å². The summed E-state index contributed by atoms with van der Waals surface area (Å²) in [6.45, 7) is 6.21. The van der Waals surface area contributed by atoms with Gasteiger partial charge in [0.05, 0.1) is 11.3 Å². The van der Waals surface area contributed by atoms with Crippen LogP contribution in [-0.2, 0) is 10.0 Å². The van der Waals surface area contributed by atoms with Crippen LogP contribution in [0, 0.1) is 0 Å². The molecule has 3 N–H and O–H groups in total. The predicted octanol–water partition coefficient (Wildman–Crippen LogP) is 2.28. The molecular weight excluding hydrogens is 292 g/mol. The lowest BCUT2D eigenvalue weighted by atomic mass is 10.2. The highest BCUT2D eigenvalue weighted by atomic mass is 32.2. The second-order valence-corrected chi connectivity index (χ2v) is 6.56. The van der Waals surface area contributed by atoms with Gasteiger partial charge in [0, 0.05) is 12.6 Å². The zero-order chi connectivity index (χ0) is 16.0. The molecule has 7 heteroatoms. The van der Waals surface area contributed by atoms with Crippen LogP contribution >= 0.6 is 0 Å². The number of rotatable bonds is 8. The van der Waals surface area contributed by atoms with Gasteiger partial charge in [0.15, 0.2) is 0 Å². The Morgan fingerprint density at radius 1 is 1.33 bits per heavy atom. The number of hydrogen-bond donors (Lipinski definition) is 3. The summed E-state index contributed by atoms with van der Waals surface area (Å²) in [6, 6.07) is 3.85. The van der Waals surface area contributed by atoms with Crippen LogP contribution in [0.15, 0.2) is 23.1 Å². The van der Waals surface area contributed by atoms with Gasteiger partial charge in [-0.2, -0.15) is 0 Å². The van der Waals surface area contributed by atoms with Crippen LogP contribution in [0.25, 0.3) is 0 Å². The van der Waals surface area contributed by atoms with E-state index in [9.17, 15) is 13.2 Å². The smallest absolute Gasteiger partial charge is 0.335 e. The molecule has 0 saturated heterocycles. The van der Waals surface area contributed by atoms with E-state index in [1.165, 1.54) is 18.2 Å². The summed E-state index contributed by atoms with van der Waals surface area (Å²) in [4.78, 5) is 11.0. The highest BCUT2D eigenvalue weighted by Gasteiger charge is 2.22. The van der Waals surface area contributed by atoms with Crippen LogP contribution in [0.1, 0.15) is 44.0 Å². The first kappa shape index (κ1) is 17.5. The summed E-state index contributed by atoms with van der Waals surface area (Å²) in [7, 11) is -3.76. The molecule has 0 aliphatic rings. The Labute approximate surface area is 125 Å². The van der Waals surface area contributed by atoms with E-state index in [0.29, 0.717) is 18.7 Å². The lowest BCUT2D eigenvalue weighted by Gasteiger charge is -2.16. The quantitative estimate of drug-likeness (QED) is 0.684. The molecule has 1 aromatic rings. The Bertz CT molecular complexity index is 599. The van der Waals surface area contributed by atoms with Crippen LogP contribution in [0.5, 0.6) is 0 Å². The highest BCUT2D eigenvalue weighted by molar-refractivity contribution is 7.89. The van der Waals surface area contributed by atoms with Crippen molar-refractivity contribution in [2.75, 3.05) is 11.9 Å². The van der Waals surface area contributed by atoms with E-state index in [0.717, 1.165) is 6.42 Å². The van der Waals surface area contributed by atoms with Crippen molar-refractivity contribution in [2.45, 2.75) is 44.6 Å². The van der Waals surface area contributed by atoms with E-state index >= 15 is 0 Å². The van der Waals surface area contributed by atoms with Gasteiger partial charge in [-0.15, -0.1) is 0 Å². The predicted molar refractivity (Wildman–Crippen MR) is 82.3 cm³/mol. The van der Waals surface area contributed by atoms with E-state index in [1.807, 2.05) is 13.8 Å². The molecule has 0 heterocycles. The van der Waals surface area contributed by atoms with Crippen molar-refractivity contribution in [1.82, 2.24) is 4.72 Å². The van der Waals surface area contributed by atoms with Crippen LogP contribution in [0.3, 0.4) is 0 Å². The molecule has 0 amide bonds. The summed E-state index contributed by atoms with van der Waals surface area (Å²) in [5, 5.41) is 12.0. The van der Waals surface area contributed by atoms with Gasteiger partial charge in [-0.25, -0.2) is 17.9 Å². The molecule has 0 radical (unpaired) electrons. The molecule has 0 aliphatic heterocycles. The number of hydrogen-bond acceptors (Lipinski definition) is 4. The van der Waals surface area contributed by atoms with Gasteiger partial charge in [-0.3, -0.25) is 0 Å². The third-order valence-electron chi connectivity index (χ3n) is 3.05. The Morgan fingerprint density at radius 2 is 2.00 bits per heavy atom. The summed E-state index contributed by atoms with van der Waals surface area (Å²) in [5.74, 6) is -1.16. The normalized spacial score (nSPS) is 12.9. The van der Waals surface area contributed by atoms with Crippen molar-refractivity contribution in [2.24, 2.45) is 0 Å². The van der Waals surface area contributed by atoms with E-state index < -0.39 is 16.0 Å². The lowest BCUT2D eigenvalue weighted by molar-refractivity contribution is 0.0696. The molecule has 0 saturated carbocycles. The summed E-state index contributed by atoms with van der Waals surface area (Å²) < 4.78 is 27.4. The van der Waals surface area contributed by atoms with Gasteiger partial charge >= 0.3 is 5.97 Å². The Kier molecular flexibility index (Phi) is 6.17. The number of carboxylic acids is 1. The largest absolute Gasteiger partial charge is 0.478 e. The number of nitrogens with one attached hydrogen (secondary N) is 2. The number of carboxylic acid groups (broad SMARTS) is 1. The number of anilines is 1. The number of benzene rings is 1. The second-order valence-electron chi connectivity index (χ2n) is 4.87. The van der Waals surface area contributed by atoms with Crippen LogP contribution in [0.2, 0.25) is 0 Å². The van der Waals surface area contributed by atoms with E-state index in [1.54, 1.807) is 6.92 Å². The van der Waals surface area contributed by atoms with Gasteiger partial charge in [0.25, 0.3) is 0 Å². The van der Waals surface area contributed by atoms with E-state index in [-0.39, 0.29) is 16.5 Å². The summed E-state index contributed by atoms with van der Waals surface area (Å²) in [6.07, 6.45) is 1.48. The average molecular weight is 314 g/mol. The fraction of sp³-hybridized carbons (Fsp3) is 0.500. The van der Waals surface area contributed by atoms with E-state index in [4.69, 9.17) is 5.11 Å².